The molecule has 1 N–H and O–H groups in total. The van der Waals surface area contributed by atoms with Gasteiger partial charge in [-0.2, -0.15) is 0 Å². The van der Waals surface area contributed by atoms with Gasteiger partial charge in [0, 0.05) is 13.1 Å². The first-order valence-electron chi connectivity index (χ1n) is 7.31. The lowest BCUT2D eigenvalue weighted by Gasteiger charge is -2.26. The molecule has 0 bridgehead atoms. The van der Waals surface area contributed by atoms with Gasteiger partial charge in [0.05, 0.1) is 19.3 Å². The summed E-state index contributed by atoms with van der Waals surface area (Å²) in [7, 11) is 0. The van der Waals surface area contributed by atoms with E-state index in [4.69, 9.17) is 4.74 Å². The van der Waals surface area contributed by atoms with Crippen LogP contribution in [0.15, 0.2) is 0 Å². The maximum Gasteiger partial charge on any atom is 0.0594 e. The van der Waals surface area contributed by atoms with E-state index < -0.39 is 0 Å². The third-order valence-corrected chi connectivity index (χ3v) is 3.51. The van der Waals surface area contributed by atoms with Gasteiger partial charge in [-0.25, -0.2) is 0 Å². The number of nitrogens with zero attached hydrogens (tertiary/aromatic N) is 1. The maximum atomic E-state index is 9.78. The van der Waals surface area contributed by atoms with Crippen LogP contribution >= 0.6 is 0 Å². The van der Waals surface area contributed by atoms with Crippen molar-refractivity contribution < 1.29 is 9.84 Å². The van der Waals surface area contributed by atoms with Crippen LogP contribution in [0.2, 0.25) is 0 Å². The fourth-order valence-electron chi connectivity index (χ4n) is 2.31. The number of morpholine rings is 1. The Hall–Kier alpha value is -0.120. The third kappa shape index (κ3) is 7.74. The van der Waals surface area contributed by atoms with Crippen molar-refractivity contribution in [2.24, 2.45) is 0 Å². The molecule has 1 aliphatic heterocycles. The van der Waals surface area contributed by atoms with Gasteiger partial charge >= 0.3 is 0 Å². The van der Waals surface area contributed by atoms with Gasteiger partial charge in [-0.3, -0.25) is 4.90 Å². The van der Waals surface area contributed by atoms with Crippen LogP contribution < -0.4 is 0 Å². The summed E-state index contributed by atoms with van der Waals surface area (Å²) in [5.74, 6) is 0. The monoisotopic (exact) mass is 243 g/mol. The Morgan fingerprint density at radius 2 is 1.71 bits per heavy atom. The number of aliphatic hydroxyl groups is 1. The molecule has 1 atom stereocenters. The molecule has 0 radical (unpaired) electrons. The van der Waals surface area contributed by atoms with Gasteiger partial charge in [0.2, 0.25) is 0 Å². The molecule has 0 aromatic heterocycles. The lowest BCUT2D eigenvalue weighted by Crippen LogP contribution is -2.36. The third-order valence-electron chi connectivity index (χ3n) is 3.51. The van der Waals surface area contributed by atoms with Crippen molar-refractivity contribution in [3.8, 4) is 0 Å². The summed E-state index contributed by atoms with van der Waals surface area (Å²) in [5.41, 5.74) is 0. The van der Waals surface area contributed by atoms with E-state index in [1.165, 1.54) is 32.2 Å². The van der Waals surface area contributed by atoms with E-state index in [2.05, 4.69) is 11.8 Å². The van der Waals surface area contributed by atoms with E-state index in [1.54, 1.807) is 0 Å². The molecule has 0 unspecified atom stereocenters. The highest BCUT2D eigenvalue weighted by Crippen LogP contribution is 2.10. The summed E-state index contributed by atoms with van der Waals surface area (Å²) in [6, 6.07) is 0. The highest BCUT2D eigenvalue weighted by atomic mass is 16.5. The molecule has 1 saturated heterocycles. The van der Waals surface area contributed by atoms with Gasteiger partial charge in [-0.15, -0.1) is 0 Å². The first-order chi connectivity index (χ1) is 8.33. The number of unbranched alkanes of at least 4 members (excludes halogenated alkanes) is 3. The summed E-state index contributed by atoms with van der Waals surface area (Å²) in [5, 5.41) is 9.78. The Morgan fingerprint density at radius 3 is 2.35 bits per heavy atom. The molecular weight excluding hydrogens is 214 g/mol. The zero-order valence-corrected chi connectivity index (χ0v) is 11.4. The van der Waals surface area contributed by atoms with Crippen LogP contribution in [-0.4, -0.2) is 49.0 Å². The molecule has 102 valence electrons. The Bertz CT molecular complexity index is 170. The van der Waals surface area contributed by atoms with Gasteiger partial charge < -0.3 is 9.84 Å². The van der Waals surface area contributed by atoms with Crippen LogP contribution in [0.4, 0.5) is 0 Å². The number of hydrogen-bond donors (Lipinski definition) is 1. The molecule has 1 fully saturated rings. The number of aliphatic hydroxyl groups excluding tert-OH is 1. The molecule has 3 heteroatoms. The van der Waals surface area contributed by atoms with Crippen molar-refractivity contribution in [2.75, 3.05) is 32.8 Å². The minimum absolute atomic E-state index is 0.0637. The van der Waals surface area contributed by atoms with Crippen LogP contribution in [0.1, 0.15) is 51.9 Å². The molecule has 1 aliphatic rings. The Balaban J connectivity index is 1.88. The first-order valence-corrected chi connectivity index (χ1v) is 7.31. The standard InChI is InChI=1S/C14H29NO2/c1-2-3-4-7-14(16)8-5-6-9-15-10-12-17-13-11-15/h14,16H,2-13H2,1H3/t14-/m1/s1. The highest BCUT2D eigenvalue weighted by molar-refractivity contribution is 4.63. The molecule has 3 nitrogen and oxygen atoms in total. The van der Waals surface area contributed by atoms with E-state index in [0.29, 0.717) is 0 Å². The van der Waals surface area contributed by atoms with Crippen LogP contribution in [-0.2, 0) is 4.74 Å². The van der Waals surface area contributed by atoms with Crippen LogP contribution in [0.25, 0.3) is 0 Å². The molecule has 1 rings (SSSR count). The maximum absolute atomic E-state index is 9.78. The normalized spacial score (nSPS) is 19.4. The lowest BCUT2D eigenvalue weighted by molar-refractivity contribution is 0.0365. The van der Waals surface area contributed by atoms with E-state index >= 15 is 0 Å². The fourth-order valence-corrected chi connectivity index (χ4v) is 2.31. The van der Waals surface area contributed by atoms with Crippen LogP contribution in [0, 0.1) is 0 Å². The minimum atomic E-state index is -0.0637. The second-order valence-corrected chi connectivity index (χ2v) is 5.10. The largest absolute Gasteiger partial charge is 0.393 e. The predicted molar refractivity (Wildman–Crippen MR) is 71.3 cm³/mol. The quantitative estimate of drug-likeness (QED) is 0.631. The van der Waals surface area contributed by atoms with Crippen molar-refractivity contribution in [1.29, 1.82) is 0 Å². The van der Waals surface area contributed by atoms with E-state index in [-0.39, 0.29) is 6.10 Å². The second-order valence-electron chi connectivity index (χ2n) is 5.10. The van der Waals surface area contributed by atoms with E-state index in [1.807, 2.05) is 0 Å². The van der Waals surface area contributed by atoms with Gasteiger partial charge in [-0.1, -0.05) is 26.2 Å². The Kier molecular flexibility index (Phi) is 8.67. The van der Waals surface area contributed by atoms with Crippen molar-refractivity contribution in [1.82, 2.24) is 4.90 Å². The highest BCUT2D eigenvalue weighted by Gasteiger charge is 2.10. The molecule has 0 spiro atoms. The molecule has 0 amide bonds. The Labute approximate surface area is 106 Å². The van der Waals surface area contributed by atoms with Gasteiger partial charge in [-0.05, 0) is 32.2 Å². The smallest absolute Gasteiger partial charge is 0.0594 e. The average molecular weight is 243 g/mol. The molecule has 1 heterocycles. The number of hydrogen-bond acceptors (Lipinski definition) is 3. The summed E-state index contributed by atoms with van der Waals surface area (Å²) < 4.78 is 5.32. The summed E-state index contributed by atoms with van der Waals surface area (Å²) in [4.78, 5) is 2.47. The van der Waals surface area contributed by atoms with Crippen molar-refractivity contribution in [3.05, 3.63) is 0 Å². The van der Waals surface area contributed by atoms with Gasteiger partial charge in [0.1, 0.15) is 0 Å². The van der Waals surface area contributed by atoms with Gasteiger partial charge in [0.15, 0.2) is 0 Å². The zero-order chi connectivity index (χ0) is 12.3. The molecule has 0 aromatic carbocycles. The molecule has 17 heavy (non-hydrogen) atoms. The average Bonchev–Trinajstić information content (AvgIpc) is 2.36. The summed E-state index contributed by atoms with van der Waals surface area (Å²) in [6.07, 6.45) is 7.95. The number of rotatable bonds is 9. The molecule has 0 aliphatic carbocycles. The van der Waals surface area contributed by atoms with E-state index in [9.17, 15) is 5.11 Å². The summed E-state index contributed by atoms with van der Waals surface area (Å²) >= 11 is 0. The van der Waals surface area contributed by atoms with Gasteiger partial charge in [0.25, 0.3) is 0 Å². The summed E-state index contributed by atoms with van der Waals surface area (Å²) in [6.45, 7) is 7.32. The fraction of sp³-hybridized carbons (Fsp3) is 1.00. The molecule has 0 saturated carbocycles. The zero-order valence-electron chi connectivity index (χ0n) is 11.4. The predicted octanol–water partition coefficient (Wildman–Crippen LogP) is 2.43. The SMILES string of the molecule is CCCCC[C@@H](O)CCCCN1CCOCC1. The Morgan fingerprint density at radius 1 is 1.06 bits per heavy atom. The second kappa shape index (κ2) is 9.86. The van der Waals surface area contributed by atoms with E-state index in [0.717, 1.165) is 45.6 Å². The minimum Gasteiger partial charge on any atom is -0.393 e. The number of ether oxygens (including phenoxy) is 1. The molecule has 0 aromatic rings. The van der Waals surface area contributed by atoms with Crippen molar-refractivity contribution in [3.63, 3.8) is 0 Å². The molecular formula is C14H29NO2. The van der Waals surface area contributed by atoms with Crippen LogP contribution in [0.3, 0.4) is 0 Å². The van der Waals surface area contributed by atoms with Crippen molar-refractivity contribution >= 4 is 0 Å². The lowest BCUT2D eigenvalue weighted by atomic mass is 10.1. The van der Waals surface area contributed by atoms with Crippen molar-refractivity contribution in [2.45, 2.75) is 58.0 Å². The van der Waals surface area contributed by atoms with Crippen LogP contribution in [0.5, 0.6) is 0 Å². The topological polar surface area (TPSA) is 32.7 Å². The first kappa shape index (κ1) is 14.9.